The highest BCUT2D eigenvalue weighted by molar-refractivity contribution is 9.10. The summed E-state index contributed by atoms with van der Waals surface area (Å²) in [4.78, 5) is 0. The second-order valence-electron chi connectivity index (χ2n) is 4.03. The predicted molar refractivity (Wildman–Crippen MR) is 79.9 cm³/mol. The van der Waals surface area contributed by atoms with Gasteiger partial charge in [-0.05, 0) is 46.7 Å². The molecule has 0 amide bonds. The van der Waals surface area contributed by atoms with Gasteiger partial charge in [0, 0.05) is 16.1 Å². The van der Waals surface area contributed by atoms with E-state index >= 15 is 0 Å². The smallest absolute Gasteiger partial charge is 0.174 e. The first-order valence-electron chi connectivity index (χ1n) is 5.97. The number of methoxy groups -OCH3 is 1. The van der Waals surface area contributed by atoms with Crippen LogP contribution >= 0.6 is 27.5 Å². The zero-order valence-electron chi connectivity index (χ0n) is 10.7. The van der Waals surface area contributed by atoms with Crippen molar-refractivity contribution in [1.29, 1.82) is 0 Å². The molecule has 5 heteroatoms. The number of benzene rings is 1. The Morgan fingerprint density at radius 3 is 2.74 bits per heavy atom. The highest BCUT2D eigenvalue weighted by Gasteiger charge is 2.21. The Hall–Kier alpha value is -0.970. The van der Waals surface area contributed by atoms with Gasteiger partial charge in [-0.1, -0.05) is 18.5 Å². The van der Waals surface area contributed by atoms with E-state index in [-0.39, 0.29) is 6.04 Å². The quantitative estimate of drug-likeness (QED) is 0.873. The van der Waals surface area contributed by atoms with Crippen LogP contribution in [0.2, 0.25) is 5.02 Å². The van der Waals surface area contributed by atoms with Crippen molar-refractivity contribution >= 4 is 27.5 Å². The van der Waals surface area contributed by atoms with Gasteiger partial charge in [0.1, 0.15) is 5.75 Å². The zero-order chi connectivity index (χ0) is 13.8. The van der Waals surface area contributed by atoms with E-state index in [9.17, 15) is 0 Å². The van der Waals surface area contributed by atoms with Gasteiger partial charge in [0.15, 0.2) is 4.67 Å². The van der Waals surface area contributed by atoms with E-state index in [2.05, 4.69) is 28.2 Å². The van der Waals surface area contributed by atoms with Gasteiger partial charge in [-0.2, -0.15) is 0 Å². The second kappa shape index (κ2) is 6.46. The van der Waals surface area contributed by atoms with Gasteiger partial charge in [-0.15, -0.1) is 0 Å². The van der Waals surface area contributed by atoms with Crippen LogP contribution in [0.25, 0.3) is 0 Å². The Morgan fingerprint density at radius 1 is 1.37 bits per heavy atom. The van der Waals surface area contributed by atoms with Crippen molar-refractivity contribution in [3.05, 3.63) is 51.3 Å². The Balaban J connectivity index is 2.50. The molecule has 0 spiro atoms. The molecule has 1 aromatic heterocycles. The van der Waals surface area contributed by atoms with Crippen molar-refractivity contribution in [2.75, 3.05) is 13.7 Å². The fourth-order valence-electron chi connectivity index (χ4n) is 2.03. The monoisotopic (exact) mass is 343 g/mol. The third kappa shape index (κ3) is 3.14. The lowest BCUT2D eigenvalue weighted by Crippen LogP contribution is -2.22. The molecule has 1 aromatic carbocycles. The highest BCUT2D eigenvalue weighted by atomic mass is 79.9. The molecule has 0 saturated heterocycles. The maximum absolute atomic E-state index is 6.10. The first-order chi connectivity index (χ1) is 9.17. The van der Waals surface area contributed by atoms with Gasteiger partial charge in [-0.3, -0.25) is 0 Å². The normalized spacial score (nSPS) is 12.4. The van der Waals surface area contributed by atoms with E-state index in [0.29, 0.717) is 9.69 Å². The molecule has 0 fully saturated rings. The molecule has 1 atom stereocenters. The van der Waals surface area contributed by atoms with E-state index in [1.807, 2.05) is 24.3 Å². The van der Waals surface area contributed by atoms with Crippen LogP contribution in [0.1, 0.15) is 24.1 Å². The van der Waals surface area contributed by atoms with Gasteiger partial charge in [0.25, 0.3) is 0 Å². The van der Waals surface area contributed by atoms with Crippen molar-refractivity contribution in [2.45, 2.75) is 13.0 Å². The molecule has 0 aliphatic heterocycles. The minimum absolute atomic E-state index is 0.0354. The lowest BCUT2D eigenvalue weighted by molar-refractivity contribution is 0.404. The second-order valence-corrected chi connectivity index (χ2v) is 5.18. The van der Waals surface area contributed by atoms with Crippen LogP contribution < -0.4 is 10.1 Å². The molecule has 3 nitrogen and oxygen atoms in total. The summed E-state index contributed by atoms with van der Waals surface area (Å²) in [7, 11) is 1.65. The standard InChI is InChI=1S/C14H15BrClNO2/c1-3-17-13(10-6-7-19-14(10)15)11-8-9(16)4-5-12(11)18-2/h4-8,13,17H,3H2,1-2H3. The first kappa shape index (κ1) is 14.4. The molecule has 1 heterocycles. The lowest BCUT2D eigenvalue weighted by atomic mass is 10.00. The summed E-state index contributed by atoms with van der Waals surface area (Å²) >= 11 is 9.52. The summed E-state index contributed by atoms with van der Waals surface area (Å²) in [6, 6.07) is 7.49. The van der Waals surface area contributed by atoms with Crippen molar-refractivity contribution in [3.8, 4) is 5.75 Å². The number of furan rings is 1. The molecular weight excluding hydrogens is 330 g/mol. The maximum atomic E-state index is 6.10. The summed E-state index contributed by atoms with van der Waals surface area (Å²) < 4.78 is 11.4. The first-order valence-corrected chi connectivity index (χ1v) is 7.14. The van der Waals surface area contributed by atoms with Crippen LogP contribution in [-0.2, 0) is 0 Å². The van der Waals surface area contributed by atoms with Gasteiger partial charge in [0.05, 0.1) is 19.4 Å². The minimum Gasteiger partial charge on any atom is -0.496 e. The van der Waals surface area contributed by atoms with E-state index in [1.165, 1.54) is 0 Å². The summed E-state index contributed by atoms with van der Waals surface area (Å²) in [5.74, 6) is 0.795. The molecule has 0 saturated carbocycles. The van der Waals surface area contributed by atoms with Crippen molar-refractivity contribution < 1.29 is 9.15 Å². The number of halogens is 2. The molecule has 102 valence electrons. The largest absolute Gasteiger partial charge is 0.496 e. The Morgan fingerprint density at radius 2 is 2.16 bits per heavy atom. The van der Waals surface area contributed by atoms with E-state index in [1.54, 1.807) is 13.4 Å². The molecule has 1 N–H and O–H groups in total. The van der Waals surface area contributed by atoms with E-state index in [4.69, 9.17) is 20.8 Å². The van der Waals surface area contributed by atoms with Crippen molar-refractivity contribution in [3.63, 3.8) is 0 Å². The van der Waals surface area contributed by atoms with Crippen LogP contribution in [0.4, 0.5) is 0 Å². The zero-order valence-corrected chi connectivity index (χ0v) is 13.1. The average molecular weight is 345 g/mol. The van der Waals surface area contributed by atoms with Crippen molar-refractivity contribution in [2.24, 2.45) is 0 Å². The summed E-state index contributed by atoms with van der Waals surface area (Å²) in [6.07, 6.45) is 1.65. The SMILES string of the molecule is CCNC(c1cc(Cl)ccc1OC)c1ccoc1Br. The van der Waals surface area contributed by atoms with Crippen LogP contribution in [0, 0.1) is 0 Å². The molecule has 0 aliphatic rings. The van der Waals surface area contributed by atoms with Crippen LogP contribution in [0.5, 0.6) is 5.75 Å². The maximum Gasteiger partial charge on any atom is 0.174 e. The fraction of sp³-hybridized carbons (Fsp3) is 0.286. The minimum atomic E-state index is -0.0354. The molecule has 2 rings (SSSR count). The molecule has 2 aromatic rings. The Kier molecular flexibility index (Phi) is 4.91. The third-order valence-corrected chi connectivity index (χ3v) is 3.75. The molecule has 0 bridgehead atoms. The van der Waals surface area contributed by atoms with E-state index in [0.717, 1.165) is 23.4 Å². The van der Waals surface area contributed by atoms with E-state index < -0.39 is 0 Å². The highest BCUT2D eigenvalue weighted by Crippen LogP contribution is 2.35. The number of ether oxygens (including phenoxy) is 1. The van der Waals surface area contributed by atoms with Crippen LogP contribution in [0.3, 0.4) is 0 Å². The lowest BCUT2D eigenvalue weighted by Gasteiger charge is -2.20. The topological polar surface area (TPSA) is 34.4 Å². The van der Waals surface area contributed by atoms with Crippen LogP contribution in [-0.4, -0.2) is 13.7 Å². The Labute approximate surface area is 126 Å². The molecule has 0 radical (unpaired) electrons. The number of nitrogens with one attached hydrogen (secondary N) is 1. The number of hydrogen-bond donors (Lipinski definition) is 1. The van der Waals surface area contributed by atoms with Crippen molar-refractivity contribution in [1.82, 2.24) is 5.32 Å². The van der Waals surface area contributed by atoms with Gasteiger partial charge in [0.2, 0.25) is 0 Å². The third-order valence-electron chi connectivity index (χ3n) is 2.87. The summed E-state index contributed by atoms with van der Waals surface area (Å²) in [5.41, 5.74) is 2.00. The molecule has 0 aliphatic carbocycles. The van der Waals surface area contributed by atoms with Gasteiger partial charge < -0.3 is 14.5 Å². The number of hydrogen-bond acceptors (Lipinski definition) is 3. The average Bonchev–Trinajstić information content (AvgIpc) is 2.82. The summed E-state index contributed by atoms with van der Waals surface area (Å²) in [6.45, 7) is 2.87. The molecule has 1 unspecified atom stereocenters. The van der Waals surface area contributed by atoms with Crippen LogP contribution in [0.15, 0.2) is 39.6 Å². The van der Waals surface area contributed by atoms with Gasteiger partial charge >= 0.3 is 0 Å². The van der Waals surface area contributed by atoms with Gasteiger partial charge in [-0.25, -0.2) is 0 Å². The Bertz CT molecular complexity index is 556. The predicted octanol–water partition coefficient (Wildman–Crippen LogP) is 4.40. The fourth-order valence-corrected chi connectivity index (χ4v) is 2.68. The summed E-state index contributed by atoms with van der Waals surface area (Å²) in [5, 5.41) is 4.09. The molecule has 19 heavy (non-hydrogen) atoms. The number of rotatable bonds is 5. The molecular formula is C14H15BrClNO2.